The first-order chi connectivity index (χ1) is 14.5. The first-order valence-electron chi connectivity index (χ1n) is 10.2. The van der Waals surface area contributed by atoms with Crippen LogP contribution in [0.4, 0.5) is 0 Å². The molecule has 2 heterocycles. The number of piperidine rings is 1. The van der Waals surface area contributed by atoms with Crippen LogP contribution in [0, 0.1) is 5.92 Å². The Labute approximate surface area is 175 Å². The van der Waals surface area contributed by atoms with E-state index in [9.17, 15) is 14.4 Å². The smallest absolute Gasteiger partial charge is 0.310 e. The summed E-state index contributed by atoms with van der Waals surface area (Å²) in [5, 5.41) is 0.815. The van der Waals surface area contributed by atoms with Crippen molar-refractivity contribution in [3.05, 3.63) is 35.6 Å². The lowest BCUT2D eigenvalue weighted by molar-refractivity contribution is -0.151. The zero-order chi connectivity index (χ0) is 21.7. The molecule has 1 aliphatic rings. The summed E-state index contributed by atoms with van der Waals surface area (Å²) in [4.78, 5) is 40.8. The van der Waals surface area contributed by atoms with Crippen LogP contribution in [0.5, 0.6) is 0 Å². The van der Waals surface area contributed by atoms with Crippen molar-refractivity contribution in [1.29, 1.82) is 0 Å². The quantitative estimate of drug-likeness (QED) is 0.644. The van der Waals surface area contributed by atoms with Gasteiger partial charge in [0, 0.05) is 38.2 Å². The fourth-order valence-electron chi connectivity index (χ4n) is 3.76. The largest absolute Gasteiger partial charge is 0.466 e. The molecular weight excluding hydrogens is 388 g/mol. The van der Waals surface area contributed by atoms with E-state index in [0.717, 1.165) is 11.8 Å². The van der Waals surface area contributed by atoms with Crippen molar-refractivity contribution in [3.8, 4) is 0 Å². The van der Waals surface area contributed by atoms with E-state index in [4.69, 9.17) is 13.9 Å². The average Bonchev–Trinajstić information content (AvgIpc) is 3.12. The molecule has 8 heteroatoms. The number of hydrogen-bond acceptors (Lipinski definition) is 6. The molecular formula is C22H28N2O6. The number of hydrogen-bond donors (Lipinski definition) is 0. The summed E-state index contributed by atoms with van der Waals surface area (Å²) in [7, 11) is 3.12. The summed E-state index contributed by atoms with van der Waals surface area (Å²) in [6.45, 7) is 3.10. The number of likely N-dealkylation sites (N-methyl/N-ethyl adjacent to an activating group) is 1. The summed E-state index contributed by atoms with van der Waals surface area (Å²) >= 11 is 0. The fourth-order valence-corrected chi connectivity index (χ4v) is 3.76. The topological polar surface area (TPSA) is 89.3 Å². The number of benzene rings is 1. The van der Waals surface area contributed by atoms with Gasteiger partial charge >= 0.3 is 5.97 Å². The first-order valence-corrected chi connectivity index (χ1v) is 10.2. The van der Waals surface area contributed by atoms with Gasteiger partial charge in [0.1, 0.15) is 5.58 Å². The van der Waals surface area contributed by atoms with Crippen LogP contribution in [0.25, 0.3) is 11.0 Å². The van der Waals surface area contributed by atoms with Gasteiger partial charge in [0.15, 0.2) is 5.76 Å². The molecule has 0 radical (unpaired) electrons. The molecule has 1 fully saturated rings. The molecule has 0 aliphatic carbocycles. The van der Waals surface area contributed by atoms with Gasteiger partial charge < -0.3 is 23.7 Å². The number of furan rings is 1. The van der Waals surface area contributed by atoms with Crippen LogP contribution in [0.3, 0.4) is 0 Å². The maximum atomic E-state index is 13.0. The highest BCUT2D eigenvalue weighted by molar-refractivity contribution is 6.00. The lowest BCUT2D eigenvalue weighted by Crippen LogP contribution is -2.47. The molecule has 0 spiro atoms. The van der Waals surface area contributed by atoms with E-state index in [1.807, 2.05) is 18.2 Å². The summed E-state index contributed by atoms with van der Waals surface area (Å²) < 4.78 is 16.1. The SMILES string of the molecule is CCOC(=O)C1CCCN(C(=O)CN(C)C(=O)c2oc3ccccc3c2COC)C1. The van der Waals surface area contributed by atoms with Crippen LogP contribution in [-0.4, -0.2) is 68.0 Å². The molecule has 1 aromatic carbocycles. The van der Waals surface area contributed by atoms with Crippen molar-refractivity contribution in [3.63, 3.8) is 0 Å². The van der Waals surface area contributed by atoms with Crippen molar-refractivity contribution in [1.82, 2.24) is 9.80 Å². The van der Waals surface area contributed by atoms with E-state index in [-0.39, 0.29) is 42.6 Å². The Morgan fingerprint density at radius 3 is 2.77 bits per heavy atom. The molecule has 2 aromatic rings. The van der Waals surface area contributed by atoms with Gasteiger partial charge in [-0.1, -0.05) is 18.2 Å². The van der Waals surface area contributed by atoms with Gasteiger partial charge in [-0.2, -0.15) is 0 Å². The van der Waals surface area contributed by atoms with Crippen molar-refractivity contribution >= 4 is 28.8 Å². The van der Waals surface area contributed by atoms with Crippen LogP contribution >= 0.6 is 0 Å². The number of fused-ring (bicyclic) bond motifs is 1. The summed E-state index contributed by atoms with van der Waals surface area (Å²) in [6, 6.07) is 7.37. The number of nitrogens with zero attached hydrogens (tertiary/aromatic N) is 2. The molecule has 0 bridgehead atoms. The summed E-state index contributed by atoms with van der Waals surface area (Å²) in [6.07, 6.45) is 1.44. The zero-order valence-electron chi connectivity index (χ0n) is 17.7. The Bertz CT molecular complexity index is 921. The molecule has 1 unspecified atom stereocenters. The molecule has 162 valence electrons. The van der Waals surface area contributed by atoms with Crippen LogP contribution < -0.4 is 0 Å². The molecule has 1 aromatic heterocycles. The van der Waals surface area contributed by atoms with Crippen molar-refractivity contribution in [2.45, 2.75) is 26.4 Å². The number of esters is 1. The fraction of sp³-hybridized carbons (Fsp3) is 0.500. The van der Waals surface area contributed by atoms with Crippen LogP contribution in [0.1, 0.15) is 35.9 Å². The predicted octanol–water partition coefficient (Wildman–Crippen LogP) is 2.45. The second kappa shape index (κ2) is 9.75. The zero-order valence-corrected chi connectivity index (χ0v) is 17.7. The second-order valence-corrected chi connectivity index (χ2v) is 7.43. The molecule has 3 rings (SSSR count). The van der Waals surface area contributed by atoms with Gasteiger partial charge in [-0.05, 0) is 25.8 Å². The van der Waals surface area contributed by atoms with E-state index in [1.165, 1.54) is 4.90 Å². The van der Waals surface area contributed by atoms with Crippen LogP contribution in [0.15, 0.2) is 28.7 Å². The lowest BCUT2D eigenvalue weighted by Gasteiger charge is -2.32. The monoisotopic (exact) mass is 416 g/mol. The van der Waals surface area contributed by atoms with Gasteiger partial charge in [-0.25, -0.2) is 0 Å². The number of likely N-dealkylation sites (tertiary alicyclic amines) is 1. The highest BCUT2D eigenvalue weighted by Gasteiger charge is 2.31. The Balaban J connectivity index is 1.70. The number of rotatable bonds is 7. The summed E-state index contributed by atoms with van der Waals surface area (Å²) in [5.74, 6) is -0.996. The third-order valence-electron chi connectivity index (χ3n) is 5.29. The van der Waals surface area contributed by atoms with Gasteiger partial charge in [0.25, 0.3) is 5.91 Å². The number of amides is 2. The number of para-hydroxylation sites is 1. The molecule has 1 aliphatic heterocycles. The van der Waals surface area contributed by atoms with Gasteiger partial charge in [0.2, 0.25) is 5.91 Å². The molecule has 0 N–H and O–H groups in total. The van der Waals surface area contributed by atoms with E-state index < -0.39 is 0 Å². The minimum absolute atomic E-state index is 0.0994. The van der Waals surface area contributed by atoms with Crippen LogP contribution in [0.2, 0.25) is 0 Å². The summed E-state index contributed by atoms with van der Waals surface area (Å²) in [5.41, 5.74) is 1.26. The normalized spacial score (nSPS) is 16.5. The second-order valence-electron chi connectivity index (χ2n) is 7.43. The molecule has 1 atom stereocenters. The molecule has 2 amide bonds. The Kier molecular flexibility index (Phi) is 7.10. The van der Waals surface area contributed by atoms with Gasteiger partial charge in [0.05, 0.1) is 25.7 Å². The standard InChI is InChI=1S/C22H28N2O6/c1-4-29-22(27)15-8-7-11-24(12-15)19(25)13-23(2)21(26)20-17(14-28-3)16-9-5-6-10-18(16)30-20/h5-6,9-10,15H,4,7-8,11-14H2,1-3H3. The predicted molar refractivity (Wildman–Crippen MR) is 110 cm³/mol. The molecule has 30 heavy (non-hydrogen) atoms. The van der Waals surface area contributed by atoms with Gasteiger partial charge in [-0.3, -0.25) is 14.4 Å². The van der Waals surface area contributed by atoms with E-state index >= 15 is 0 Å². The number of methoxy groups -OCH3 is 1. The minimum atomic E-state index is -0.384. The van der Waals surface area contributed by atoms with Crippen molar-refractivity contribution in [2.75, 3.05) is 40.4 Å². The maximum Gasteiger partial charge on any atom is 0.310 e. The Hall–Kier alpha value is -2.87. The first kappa shape index (κ1) is 21.8. The highest BCUT2D eigenvalue weighted by Crippen LogP contribution is 2.27. The van der Waals surface area contributed by atoms with E-state index in [0.29, 0.717) is 37.3 Å². The minimum Gasteiger partial charge on any atom is -0.466 e. The van der Waals surface area contributed by atoms with E-state index in [1.54, 1.807) is 32.0 Å². The Morgan fingerprint density at radius 2 is 2.03 bits per heavy atom. The number of ether oxygens (including phenoxy) is 2. The average molecular weight is 416 g/mol. The lowest BCUT2D eigenvalue weighted by atomic mass is 9.98. The molecule has 8 nitrogen and oxygen atoms in total. The molecule has 1 saturated heterocycles. The third kappa shape index (κ3) is 4.64. The highest BCUT2D eigenvalue weighted by atomic mass is 16.5. The third-order valence-corrected chi connectivity index (χ3v) is 5.29. The Morgan fingerprint density at radius 1 is 1.27 bits per heavy atom. The van der Waals surface area contributed by atoms with E-state index in [2.05, 4.69) is 0 Å². The maximum absolute atomic E-state index is 13.0. The van der Waals surface area contributed by atoms with Gasteiger partial charge in [-0.15, -0.1) is 0 Å². The van der Waals surface area contributed by atoms with Crippen molar-refractivity contribution < 1.29 is 28.3 Å². The number of carbonyl (C=O) groups is 3. The van der Waals surface area contributed by atoms with Crippen molar-refractivity contribution in [2.24, 2.45) is 5.92 Å². The number of carbonyl (C=O) groups excluding carboxylic acids is 3. The molecule has 0 saturated carbocycles. The van der Waals surface area contributed by atoms with Crippen LogP contribution in [-0.2, 0) is 25.7 Å².